The molecule has 3 N–H and O–H groups in total. The maximum absolute atomic E-state index is 12.3. The summed E-state index contributed by atoms with van der Waals surface area (Å²) in [6, 6.07) is -0.623. The minimum atomic E-state index is -0.839. The Kier molecular flexibility index (Phi) is 33.0. The highest BCUT2D eigenvalue weighted by Gasteiger charge is 2.17. The van der Waals surface area contributed by atoms with Crippen molar-refractivity contribution >= 4 is 5.91 Å². The van der Waals surface area contributed by atoms with Crippen molar-refractivity contribution in [2.45, 2.75) is 174 Å². The van der Waals surface area contributed by atoms with Gasteiger partial charge in [-0.15, -0.1) is 0 Å². The standard InChI is InChI=1S/C39H69NO3/c1-3-5-7-9-11-13-14-15-16-17-18-19-20-21-22-23-24-25-26-27-29-31-33-35-39(43)40-37(36-41)38(42)34-32-30-28-12-10-8-6-4-2/h5,7,11,13,15-16,18-19,32,34,37-38,41-42H,3-4,6,8-10,12,14,17,20-31,33,35-36H2,1-2H3,(H,40,43)/b7-5-,13-11-,16-15-,19-18-,34-32+. The quantitative estimate of drug-likeness (QED) is 0.0548. The summed E-state index contributed by atoms with van der Waals surface area (Å²) in [6.45, 7) is 4.13. The average molecular weight is 600 g/mol. The predicted molar refractivity (Wildman–Crippen MR) is 188 cm³/mol. The second-order valence-electron chi connectivity index (χ2n) is 11.9. The molecule has 0 rings (SSSR count). The maximum Gasteiger partial charge on any atom is 0.220 e. The highest BCUT2D eigenvalue weighted by molar-refractivity contribution is 5.76. The third kappa shape index (κ3) is 31.3. The Hall–Kier alpha value is -1.91. The zero-order valence-corrected chi connectivity index (χ0v) is 28.2. The van der Waals surface area contributed by atoms with Gasteiger partial charge in [0.05, 0.1) is 18.8 Å². The van der Waals surface area contributed by atoms with Gasteiger partial charge in [-0.3, -0.25) is 4.79 Å². The summed E-state index contributed by atoms with van der Waals surface area (Å²) in [5.74, 6) is -0.0762. The first-order chi connectivity index (χ1) is 21.2. The molecule has 0 saturated carbocycles. The highest BCUT2D eigenvalue weighted by atomic mass is 16.3. The fraction of sp³-hybridized carbons (Fsp3) is 0.718. The molecule has 0 saturated heterocycles. The van der Waals surface area contributed by atoms with Gasteiger partial charge in [-0.2, -0.15) is 0 Å². The molecule has 0 aromatic carbocycles. The zero-order valence-electron chi connectivity index (χ0n) is 28.2. The first-order valence-electron chi connectivity index (χ1n) is 18.0. The van der Waals surface area contributed by atoms with E-state index < -0.39 is 12.1 Å². The molecule has 248 valence electrons. The Morgan fingerprint density at radius 1 is 0.581 bits per heavy atom. The fourth-order valence-corrected chi connectivity index (χ4v) is 4.99. The third-order valence-corrected chi connectivity index (χ3v) is 7.76. The second kappa shape index (κ2) is 34.6. The van der Waals surface area contributed by atoms with Gasteiger partial charge in [0.2, 0.25) is 5.91 Å². The summed E-state index contributed by atoms with van der Waals surface area (Å²) in [5.41, 5.74) is 0. The van der Waals surface area contributed by atoms with Crippen molar-refractivity contribution in [3.8, 4) is 0 Å². The van der Waals surface area contributed by atoms with Gasteiger partial charge in [-0.05, 0) is 57.8 Å². The summed E-state index contributed by atoms with van der Waals surface area (Å²) < 4.78 is 0. The van der Waals surface area contributed by atoms with Crippen LogP contribution in [0.1, 0.15) is 162 Å². The van der Waals surface area contributed by atoms with Crippen LogP contribution in [0.3, 0.4) is 0 Å². The van der Waals surface area contributed by atoms with Gasteiger partial charge in [-0.1, -0.05) is 158 Å². The molecule has 0 heterocycles. The molecule has 0 spiro atoms. The van der Waals surface area contributed by atoms with E-state index in [4.69, 9.17) is 0 Å². The minimum absolute atomic E-state index is 0.0762. The van der Waals surface area contributed by atoms with E-state index in [-0.39, 0.29) is 12.5 Å². The number of hydrogen-bond donors (Lipinski definition) is 3. The van der Waals surface area contributed by atoms with Crippen LogP contribution >= 0.6 is 0 Å². The van der Waals surface area contributed by atoms with Crippen molar-refractivity contribution in [2.75, 3.05) is 6.61 Å². The lowest BCUT2D eigenvalue weighted by molar-refractivity contribution is -0.123. The first-order valence-corrected chi connectivity index (χ1v) is 18.0. The molecule has 0 radical (unpaired) electrons. The third-order valence-electron chi connectivity index (χ3n) is 7.76. The minimum Gasteiger partial charge on any atom is -0.394 e. The number of rotatable bonds is 31. The molecule has 0 aromatic rings. The van der Waals surface area contributed by atoms with Gasteiger partial charge in [0.15, 0.2) is 0 Å². The molecule has 2 atom stereocenters. The Labute approximate surface area is 266 Å². The van der Waals surface area contributed by atoms with Crippen LogP contribution in [0.25, 0.3) is 0 Å². The lowest BCUT2D eigenvalue weighted by atomic mass is 10.0. The van der Waals surface area contributed by atoms with Gasteiger partial charge in [0, 0.05) is 6.42 Å². The lowest BCUT2D eigenvalue weighted by Gasteiger charge is -2.20. The predicted octanol–water partition coefficient (Wildman–Crippen LogP) is 10.6. The van der Waals surface area contributed by atoms with Crippen molar-refractivity contribution < 1.29 is 15.0 Å². The summed E-state index contributed by atoms with van der Waals surface area (Å²) in [7, 11) is 0. The van der Waals surface area contributed by atoms with Crippen LogP contribution in [0.15, 0.2) is 60.8 Å². The number of allylic oxidation sites excluding steroid dienone is 9. The Balaban J connectivity index is 3.59. The number of unbranched alkanes of at least 4 members (excludes halogenated alkanes) is 16. The van der Waals surface area contributed by atoms with Crippen LogP contribution in [0.2, 0.25) is 0 Å². The van der Waals surface area contributed by atoms with E-state index in [1.54, 1.807) is 6.08 Å². The van der Waals surface area contributed by atoms with Crippen LogP contribution in [0.4, 0.5) is 0 Å². The summed E-state index contributed by atoms with van der Waals surface area (Å²) in [6.07, 6.45) is 47.4. The van der Waals surface area contributed by atoms with Crippen molar-refractivity contribution in [2.24, 2.45) is 0 Å². The molecule has 0 aromatic heterocycles. The van der Waals surface area contributed by atoms with Gasteiger partial charge >= 0.3 is 0 Å². The molecule has 0 aliphatic rings. The molecule has 0 fully saturated rings. The maximum atomic E-state index is 12.3. The normalized spacial score (nSPS) is 13.9. The van der Waals surface area contributed by atoms with E-state index in [1.165, 1.54) is 89.9 Å². The van der Waals surface area contributed by atoms with E-state index in [2.05, 4.69) is 67.8 Å². The monoisotopic (exact) mass is 600 g/mol. The number of nitrogens with one attached hydrogen (secondary N) is 1. The Morgan fingerprint density at radius 3 is 1.53 bits per heavy atom. The van der Waals surface area contributed by atoms with Crippen molar-refractivity contribution in [1.29, 1.82) is 0 Å². The van der Waals surface area contributed by atoms with Crippen LogP contribution in [0, 0.1) is 0 Å². The topological polar surface area (TPSA) is 69.6 Å². The number of aliphatic hydroxyl groups excluding tert-OH is 2. The average Bonchev–Trinajstić information content (AvgIpc) is 3.01. The molecule has 0 aliphatic carbocycles. The molecule has 4 heteroatoms. The lowest BCUT2D eigenvalue weighted by Crippen LogP contribution is -2.45. The highest BCUT2D eigenvalue weighted by Crippen LogP contribution is 2.13. The number of carbonyl (C=O) groups is 1. The summed E-state index contributed by atoms with van der Waals surface area (Å²) in [5, 5.41) is 22.7. The Morgan fingerprint density at radius 2 is 1.02 bits per heavy atom. The number of hydrogen-bond acceptors (Lipinski definition) is 3. The number of carbonyl (C=O) groups excluding carboxylic acids is 1. The molecular weight excluding hydrogens is 530 g/mol. The van der Waals surface area contributed by atoms with Gasteiger partial charge < -0.3 is 15.5 Å². The van der Waals surface area contributed by atoms with Gasteiger partial charge in [0.25, 0.3) is 0 Å². The summed E-state index contributed by atoms with van der Waals surface area (Å²) in [4.78, 5) is 12.3. The SMILES string of the molecule is CC/C=C\C/C=C\C/C=C\C/C=C\CCCCCCCCCCCCC(=O)NC(CO)C(O)/C=C/CCCCCCCC. The van der Waals surface area contributed by atoms with Crippen molar-refractivity contribution in [3.05, 3.63) is 60.8 Å². The largest absolute Gasteiger partial charge is 0.394 e. The van der Waals surface area contributed by atoms with Gasteiger partial charge in [0.1, 0.15) is 0 Å². The molecule has 4 nitrogen and oxygen atoms in total. The van der Waals surface area contributed by atoms with Crippen LogP contribution < -0.4 is 5.32 Å². The van der Waals surface area contributed by atoms with Crippen LogP contribution in [0.5, 0.6) is 0 Å². The van der Waals surface area contributed by atoms with E-state index in [9.17, 15) is 15.0 Å². The first kappa shape index (κ1) is 41.1. The molecule has 43 heavy (non-hydrogen) atoms. The van der Waals surface area contributed by atoms with Crippen molar-refractivity contribution in [1.82, 2.24) is 5.32 Å². The van der Waals surface area contributed by atoms with E-state index in [1.807, 2.05) is 6.08 Å². The Bertz CT molecular complexity index is 737. The summed E-state index contributed by atoms with van der Waals surface area (Å²) >= 11 is 0. The fourth-order valence-electron chi connectivity index (χ4n) is 4.99. The zero-order chi connectivity index (χ0) is 31.5. The molecule has 0 aliphatic heterocycles. The van der Waals surface area contributed by atoms with Crippen LogP contribution in [-0.2, 0) is 4.79 Å². The molecular formula is C39H69NO3. The molecule has 1 amide bonds. The number of amides is 1. The van der Waals surface area contributed by atoms with E-state index in [0.29, 0.717) is 6.42 Å². The van der Waals surface area contributed by atoms with Crippen molar-refractivity contribution in [3.63, 3.8) is 0 Å². The second-order valence-corrected chi connectivity index (χ2v) is 11.9. The van der Waals surface area contributed by atoms with E-state index in [0.717, 1.165) is 51.4 Å². The molecule has 0 bridgehead atoms. The molecule has 2 unspecified atom stereocenters. The smallest absolute Gasteiger partial charge is 0.220 e. The number of aliphatic hydroxyl groups is 2. The van der Waals surface area contributed by atoms with Gasteiger partial charge in [-0.25, -0.2) is 0 Å². The van der Waals surface area contributed by atoms with Crippen LogP contribution in [-0.4, -0.2) is 34.9 Å². The van der Waals surface area contributed by atoms with E-state index >= 15 is 0 Å².